The number of primary amides is 1. The molecule has 2 atom stereocenters. The molecule has 2 fully saturated rings. The Kier molecular flexibility index (Phi) is 6.14. The Morgan fingerprint density at radius 3 is 2.55 bits per heavy atom. The van der Waals surface area contributed by atoms with Gasteiger partial charge in [-0.05, 0) is 51.1 Å². The number of carbonyl (C=O) groups excluding carboxylic acids is 1. The number of nitrogens with zero attached hydrogens (tertiary/aromatic N) is 1. The van der Waals surface area contributed by atoms with Crippen LogP contribution in [0.3, 0.4) is 0 Å². The van der Waals surface area contributed by atoms with Crippen molar-refractivity contribution in [2.75, 3.05) is 20.1 Å². The average molecular weight is 281 g/mol. The maximum absolute atomic E-state index is 11.7. The Labute approximate surface area is 123 Å². The highest BCUT2D eigenvalue weighted by Crippen LogP contribution is 2.33. The number of hydrogen-bond acceptors (Lipinski definition) is 2. The highest BCUT2D eigenvalue weighted by atomic mass is 16.2. The predicted octanol–water partition coefficient (Wildman–Crippen LogP) is 2.73. The zero-order valence-corrected chi connectivity index (χ0v) is 12.9. The largest absolute Gasteiger partial charge is 0.351 e. The Morgan fingerprint density at radius 2 is 1.90 bits per heavy atom. The van der Waals surface area contributed by atoms with Gasteiger partial charge in [-0.3, -0.25) is 0 Å². The van der Waals surface area contributed by atoms with E-state index >= 15 is 0 Å². The van der Waals surface area contributed by atoms with Gasteiger partial charge in [0.05, 0.1) is 0 Å². The van der Waals surface area contributed by atoms with E-state index < -0.39 is 0 Å². The number of likely N-dealkylation sites (tertiary alicyclic amines) is 1. The van der Waals surface area contributed by atoms with Gasteiger partial charge in [0.15, 0.2) is 0 Å². The summed E-state index contributed by atoms with van der Waals surface area (Å²) in [6.45, 7) is 1.86. The maximum atomic E-state index is 11.7. The van der Waals surface area contributed by atoms with Crippen LogP contribution in [0.25, 0.3) is 0 Å². The summed E-state index contributed by atoms with van der Waals surface area (Å²) < 4.78 is 0. The Hall–Kier alpha value is -0.770. The first-order valence-corrected chi connectivity index (χ1v) is 8.43. The minimum Gasteiger partial charge on any atom is -0.351 e. The van der Waals surface area contributed by atoms with E-state index in [0.29, 0.717) is 12.0 Å². The summed E-state index contributed by atoms with van der Waals surface area (Å²) >= 11 is 0. The summed E-state index contributed by atoms with van der Waals surface area (Å²) in [5, 5.41) is 3.34. The molecule has 2 rings (SSSR count). The van der Waals surface area contributed by atoms with Crippen LogP contribution in [0, 0.1) is 11.8 Å². The van der Waals surface area contributed by atoms with Gasteiger partial charge in [-0.15, -0.1) is 0 Å². The van der Waals surface area contributed by atoms with Crippen molar-refractivity contribution in [2.24, 2.45) is 17.6 Å². The molecule has 3 N–H and O–H groups in total. The molecule has 20 heavy (non-hydrogen) atoms. The first kappa shape index (κ1) is 15.6. The predicted molar refractivity (Wildman–Crippen MR) is 82.5 cm³/mol. The SMILES string of the molecule is CNCC(CC1CCCCC1)C1CCCCN1C(N)=O. The van der Waals surface area contributed by atoms with E-state index in [4.69, 9.17) is 5.73 Å². The normalized spacial score (nSPS) is 26.4. The van der Waals surface area contributed by atoms with Crippen molar-refractivity contribution >= 4 is 6.03 Å². The topological polar surface area (TPSA) is 58.4 Å². The Morgan fingerprint density at radius 1 is 1.20 bits per heavy atom. The molecule has 2 unspecified atom stereocenters. The summed E-state index contributed by atoms with van der Waals surface area (Å²) in [5.74, 6) is 1.43. The third kappa shape index (κ3) is 4.11. The molecule has 0 radical (unpaired) electrons. The number of urea groups is 1. The molecule has 0 bridgehead atoms. The van der Waals surface area contributed by atoms with Crippen molar-refractivity contribution in [1.82, 2.24) is 10.2 Å². The number of rotatable bonds is 5. The molecule has 4 heteroatoms. The monoisotopic (exact) mass is 281 g/mol. The smallest absolute Gasteiger partial charge is 0.315 e. The third-order valence-corrected chi connectivity index (χ3v) is 5.20. The van der Waals surface area contributed by atoms with Gasteiger partial charge in [-0.2, -0.15) is 0 Å². The summed E-state index contributed by atoms with van der Waals surface area (Å²) in [6.07, 6.45) is 11.7. The summed E-state index contributed by atoms with van der Waals surface area (Å²) in [4.78, 5) is 13.6. The van der Waals surface area contributed by atoms with Crippen LogP contribution in [-0.4, -0.2) is 37.1 Å². The zero-order valence-electron chi connectivity index (χ0n) is 12.9. The van der Waals surface area contributed by atoms with Gasteiger partial charge in [-0.25, -0.2) is 4.79 Å². The molecular weight excluding hydrogens is 250 g/mol. The van der Waals surface area contributed by atoms with Crippen molar-refractivity contribution in [3.63, 3.8) is 0 Å². The second-order valence-corrected chi connectivity index (χ2v) is 6.65. The van der Waals surface area contributed by atoms with Crippen LogP contribution in [0.5, 0.6) is 0 Å². The molecule has 1 saturated carbocycles. The fourth-order valence-electron chi connectivity index (χ4n) is 4.21. The molecule has 0 aromatic rings. The molecule has 1 saturated heterocycles. The molecule has 1 aliphatic carbocycles. The number of hydrogen-bond donors (Lipinski definition) is 2. The minimum absolute atomic E-state index is 0.223. The van der Waals surface area contributed by atoms with E-state index in [1.807, 2.05) is 11.9 Å². The molecule has 4 nitrogen and oxygen atoms in total. The van der Waals surface area contributed by atoms with Crippen LogP contribution in [-0.2, 0) is 0 Å². The van der Waals surface area contributed by atoms with Crippen molar-refractivity contribution < 1.29 is 4.79 Å². The number of carbonyl (C=O) groups is 1. The Bertz CT molecular complexity index is 302. The van der Waals surface area contributed by atoms with Crippen LogP contribution < -0.4 is 11.1 Å². The first-order valence-electron chi connectivity index (χ1n) is 8.43. The fraction of sp³-hybridized carbons (Fsp3) is 0.938. The average Bonchev–Trinajstić information content (AvgIpc) is 2.48. The third-order valence-electron chi connectivity index (χ3n) is 5.20. The zero-order chi connectivity index (χ0) is 14.4. The molecule has 2 amide bonds. The van der Waals surface area contributed by atoms with Gasteiger partial charge in [0, 0.05) is 12.6 Å². The summed E-state index contributed by atoms with van der Waals surface area (Å²) in [5.41, 5.74) is 5.59. The summed E-state index contributed by atoms with van der Waals surface area (Å²) in [6, 6.07) is 0.134. The first-order chi connectivity index (χ1) is 9.72. The molecule has 0 spiro atoms. The minimum atomic E-state index is -0.223. The number of nitrogens with two attached hydrogens (primary N) is 1. The van der Waals surface area contributed by atoms with E-state index in [1.54, 1.807) is 0 Å². The van der Waals surface area contributed by atoms with E-state index in [2.05, 4.69) is 5.32 Å². The van der Waals surface area contributed by atoms with Crippen molar-refractivity contribution in [2.45, 2.75) is 63.8 Å². The molecule has 0 aromatic carbocycles. The quantitative estimate of drug-likeness (QED) is 0.814. The number of amides is 2. The second-order valence-electron chi connectivity index (χ2n) is 6.65. The second kappa shape index (κ2) is 7.87. The highest BCUT2D eigenvalue weighted by molar-refractivity contribution is 5.72. The molecule has 1 heterocycles. The van der Waals surface area contributed by atoms with Gasteiger partial charge < -0.3 is 16.0 Å². The fourth-order valence-corrected chi connectivity index (χ4v) is 4.21. The molecule has 2 aliphatic rings. The molecule has 1 aliphatic heterocycles. The molecule has 116 valence electrons. The lowest BCUT2D eigenvalue weighted by atomic mass is 9.78. The van der Waals surface area contributed by atoms with Gasteiger partial charge in [0.1, 0.15) is 0 Å². The van der Waals surface area contributed by atoms with Gasteiger partial charge >= 0.3 is 6.03 Å². The van der Waals surface area contributed by atoms with Gasteiger partial charge in [0.25, 0.3) is 0 Å². The molecule has 0 aromatic heterocycles. The lowest BCUT2D eigenvalue weighted by Gasteiger charge is -2.41. The van der Waals surface area contributed by atoms with Crippen LogP contribution in [0.4, 0.5) is 4.79 Å². The van der Waals surface area contributed by atoms with E-state index in [-0.39, 0.29) is 6.03 Å². The van der Waals surface area contributed by atoms with Crippen molar-refractivity contribution in [1.29, 1.82) is 0 Å². The van der Waals surface area contributed by atoms with Crippen LogP contribution in [0.15, 0.2) is 0 Å². The molecular formula is C16H31N3O. The van der Waals surface area contributed by atoms with E-state index in [1.165, 1.54) is 44.9 Å². The standard InChI is InChI=1S/C16H31N3O/c1-18-12-14(11-13-7-3-2-4-8-13)15-9-5-6-10-19(15)16(17)20/h13-15,18H,2-12H2,1H3,(H2,17,20). The van der Waals surface area contributed by atoms with Gasteiger partial charge in [0.2, 0.25) is 0 Å². The highest BCUT2D eigenvalue weighted by Gasteiger charge is 2.33. The van der Waals surface area contributed by atoms with Gasteiger partial charge in [-0.1, -0.05) is 32.1 Å². The van der Waals surface area contributed by atoms with Crippen LogP contribution in [0.2, 0.25) is 0 Å². The maximum Gasteiger partial charge on any atom is 0.315 e. The lowest BCUT2D eigenvalue weighted by molar-refractivity contribution is 0.108. The lowest BCUT2D eigenvalue weighted by Crippen LogP contribution is -2.51. The summed E-state index contributed by atoms with van der Waals surface area (Å²) in [7, 11) is 2.02. The number of nitrogens with one attached hydrogen (secondary N) is 1. The van der Waals surface area contributed by atoms with Crippen LogP contribution >= 0.6 is 0 Å². The van der Waals surface area contributed by atoms with E-state index in [0.717, 1.165) is 31.8 Å². The van der Waals surface area contributed by atoms with Crippen molar-refractivity contribution in [3.05, 3.63) is 0 Å². The Balaban J connectivity index is 1.99. The number of piperidine rings is 1. The van der Waals surface area contributed by atoms with Crippen molar-refractivity contribution in [3.8, 4) is 0 Å². The van der Waals surface area contributed by atoms with Crippen LogP contribution in [0.1, 0.15) is 57.8 Å². The van der Waals surface area contributed by atoms with E-state index in [9.17, 15) is 4.79 Å².